The monoisotopic (exact) mass is 331 g/mol. The lowest BCUT2D eigenvalue weighted by atomic mass is 10.0. The predicted molar refractivity (Wildman–Crippen MR) is 84.6 cm³/mol. The van der Waals surface area contributed by atoms with Crippen LogP contribution >= 0.6 is 27.7 Å². The van der Waals surface area contributed by atoms with E-state index in [0.717, 1.165) is 41.2 Å². The highest BCUT2D eigenvalue weighted by Crippen LogP contribution is 2.30. The molecule has 1 rings (SSSR count). The van der Waals surface area contributed by atoms with Crippen LogP contribution in [-0.2, 0) is 6.42 Å². The molecule has 0 bridgehead atoms. The second kappa shape index (κ2) is 8.83. The molecule has 0 radical (unpaired) electrons. The van der Waals surface area contributed by atoms with Crippen LogP contribution in [0.4, 0.5) is 0 Å². The van der Waals surface area contributed by atoms with E-state index >= 15 is 0 Å². The molecule has 0 aromatic heterocycles. The van der Waals surface area contributed by atoms with Crippen molar-refractivity contribution in [1.82, 2.24) is 0 Å². The van der Waals surface area contributed by atoms with Crippen molar-refractivity contribution in [3.63, 3.8) is 0 Å². The van der Waals surface area contributed by atoms with Crippen molar-refractivity contribution in [2.75, 3.05) is 18.1 Å². The molecule has 2 N–H and O–H groups in total. The normalized spacial score (nSPS) is 12.4. The smallest absolute Gasteiger partial charge is 0.136 e. The van der Waals surface area contributed by atoms with Gasteiger partial charge in [-0.05, 0) is 46.2 Å². The standard InChI is InChI=1S/C14H22BrNOS/c1-3-12(16)10-11-6-5-7-13(15)14(11)17-8-9-18-4-2/h5-7,12H,3-4,8-10,16H2,1-2H3. The molecule has 0 saturated heterocycles. The summed E-state index contributed by atoms with van der Waals surface area (Å²) in [7, 11) is 0. The fourth-order valence-corrected chi connectivity index (χ4v) is 2.66. The van der Waals surface area contributed by atoms with Gasteiger partial charge in [-0.15, -0.1) is 0 Å². The van der Waals surface area contributed by atoms with Crippen LogP contribution in [0.1, 0.15) is 25.8 Å². The number of halogens is 1. The second-order valence-corrected chi connectivity index (χ2v) is 6.39. The summed E-state index contributed by atoms with van der Waals surface area (Å²) in [5.74, 6) is 3.11. The maximum absolute atomic E-state index is 6.03. The van der Waals surface area contributed by atoms with Crippen LogP contribution in [0.5, 0.6) is 5.75 Å². The molecule has 0 spiro atoms. The first-order valence-corrected chi connectivity index (χ1v) is 8.37. The average Bonchev–Trinajstić information content (AvgIpc) is 2.37. The minimum atomic E-state index is 0.201. The summed E-state index contributed by atoms with van der Waals surface area (Å²) in [5.41, 5.74) is 7.22. The van der Waals surface area contributed by atoms with Crippen LogP contribution < -0.4 is 10.5 Å². The van der Waals surface area contributed by atoms with Crippen LogP contribution in [0, 0.1) is 0 Å². The Kier molecular flexibility index (Phi) is 7.79. The summed E-state index contributed by atoms with van der Waals surface area (Å²) in [5, 5.41) is 0. The number of hydrogen-bond acceptors (Lipinski definition) is 3. The van der Waals surface area contributed by atoms with Crippen molar-refractivity contribution in [3.05, 3.63) is 28.2 Å². The summed E-state index contributed by atoms with van der Waals surface area (Å²) in [4.78, 5) is 0. The molecule has 0 heterocycles. The summed E-state index contributed by atoms with van der Waals surface area (Å²) in [6.07, 6.45) is 1.85. The molecule has 1 aromatic rings. The SMILES string of the molecule is CCSCCOc1c(Br)cccc1CC(N)CC. The van der Waals surface area contributed by atoms with Crippen molar-refractivity contribution in [2.45, 2.75) is 32.7 Å². The molecule has 0 aliphatic heterocycles. The van der Waals surface area contributed by atoms with Gasteiger partial charge in [-0.3, -0.25) is 0 Å². The first-order chi connectivity index (χ1) is 8.69. The minimum absolute atomic E-state index is 0.201. The van der Waals surface area contributed by atoms with Gasteiger partial charge in [-0.25, -0.2) is 0 Å². The number of hydrogen-bond donors (Lipinski definition) is 1. The molecule has 102 valence electrons. The topological polar surface area (TPSA) is 35.2 Å². The third-order valence-electron chi connectivity index (χ3n) is 2.73. The van der Waals surface area contributed by atoms with E-state index in [-0.39, 0.29) is 6.04 Å². The van der Waals surface area contributed by atoms with Crippen molar-refractivity contribution in [1.29, 1.82) is 0 Å². The maximum atomic E-state index is 6.03. The van der Waals surface area contributed by atoms with E-state index in [9.17, 15) is 0 Å². The van der Waals surface area contributed by atoms with Gasteiger partial charge in [0.05, 0.1) is 11.1 Å². The lowest BCUT2D eigenvalue weighted by molar-refractivity contribution is 0.337. The zero-order valence-corrected chi connectivity index (χ0v) is 13.5. The number of thioether (sulfide) groups is 1. The van der Waals surface area contributed by atoms with Gasteiger partial charge in [0.25, 0.3) is 0 Å². The molecule has 2 nitrogen and oxygen atoms in total. The zero-order chi connectivity index (χ0) is 13.4. The molecule has 0 saturated carbocycles. The molecule has 1 atom stereocenters. The third-order valence-corrected chi connectivity index (χ3v) is 4.22. The summed E-state index contributed by atoms with van der Waals surface area (Å²) in [6, 6.07) is 6.35. The number of benzene rings is 1. The molecule has 4 heteroatoms. The molecule has 0 fully saturated rings. The van der Waals surface area contributed by atoms with Crippen LogP contribution in [0.3, 0.4) is 0 Å². The molecule has 1 unspecified atom stereocenters. The molecular formula is C14H22BrNOS. The van der Waals surface area contributed by atoms with Gasteiger partial charge >= 0.3 is 0 Å². The highest BCUT2D eigenvalue weighted by molar-refractivity contribution is 9.10. The number of para-hydroxylation sites is 1. The largest absolute Gasteiger partial charge is 0.491 e. The van der Waals surface area contributed by atoms with E-state index < -0.39 is 0 Å². The Morgan fingerprint density at radius 1 is 1.39 bits per heavy atom. The van der Waals surface area contributed by atoms with Crippen LogP contribution in [0.25, 0.3) is 0 Å². The van der Waals surface area contributed by atoms with Gasteiger partial charge in [0.1, 0.15) is 5.75 Å². The average molecular weight is 332 g/mol. The Bertz CT molecular complexity index is 360. The van der Waals surface area contributed by atoms with E-state index in [1.807, 2.05) is 23.9 Å². The Labute approximate surface area is 123 Å². The van der Waals surface area contributed by atoms with E-state index in [1.54, 1.807) is 0 Å². The fourth-order valence-electron chi connectivity index (χ4n) is 1.65. The highest BCUT2D eigenvalue weighted by Gasteiger charge is 2.10. The Hall–Kier alpha value is -0.190. The molecule has 18 heavy (non-hydrogen) atoms. The third kappa shape index (κ3) is 5.21. The van der Waals surface area contributed by atoms with Gasteiger partial charge in [0.2, 0.25) is 0 Å². The Morgan fingerprint density at radius 2 is 2.17 bits per heavy atom. The molecular weight excluding hydrogens is 310 g/mol. The second-order valence-electron chi connectivity index (χ2n) is 4.15. The highest BCUT2D eigenvalue weighted by atomic mass is 79.9. The van der Waals surface area contributed by atoms with Gasteiger partial charge in [0, 0.05) is 11.8 Å². The van der Waals surface area contributed by atoms with Crippen molar-refractivity contribution >= 4 is 27.7 Å². The predicted octanol–water partition coefficient (Wildman–Crippen LogP) is 3.86. The molecule has 0 aliphatic rings. The maximum Gasteiger partial charge on any atom is 0.136 e. The first kappa shape index (κ1) is 15.9. The summed E-state index contributed by atoms with van der Waals surface area (Å²) >= 11 is 5.45. The number of nitrogens with two attached hydrogens (primary N) is 1. The van der Waals surface area contributed by atoms with Gasteiger partial charge in [-0.2, -0.15) is 11.8 Å². The van der Waals surface area contributed by atoms with E-state index in [4.69, 9.17) is 10.5 Å². The summed E-state index contributed by atoms with van der Waals surface area (Å²) < 4.78 is 6.91. The van der Waals surface area contributed by atoms with Crippen molar-refractivity contribution in [2.24, 2.45) is 5.73 Å². The quantitative estimate of drug-likeness (QED) is 0.734. The number of ether oxygens (including phenoxy) is 1. The molecule has 0 aliphatic carbocycles. The van der Waals surface area contributed by atoms with E-state index in [2.05, 4.69) is 35.8 Å². The van der Waals surface area contributed by atoms with Crippen molar-refractivity contribution < 1.29 is 4.74 Å². The van der Waals surface area contributed by atoms with E-state index in [1.165, 1.54) is 5.56 Å². The fraction of sp³-hybridized carbons (Fsp3) is 0.571. The molecule has 1 aromatic carbocycles. The van der Waals surface area contributed by atoms with E-state index in [0.29, 0.717) is 0 Å². The first-order valence-electron chi connectivity index (χ1n) is 6.42. The Morgan fingerprint density at radius 3 is 2.83 bits per heavy atom. The zero-order valence-electron chi connectivity index (χ0n) is 11.1. The summed E-state index contributed by atoms with van der Waals surface area (Å²) in [6.45, 7) is 5.02. The van der Waals surface area contributed by atoms with Gasteiger partial charge in [0.15, 0.2) is 0 Å². The molecule has 0 amide bonds. The lowest BCUT2D eigenvalue weighted by Gasteiger charge is -2.15. The van der Waals surface area contributed by atoms with Gasteiger partial charge < -0.3 is 10.5 Å². The van der Waals surface area contributed by atoms with Gasteiger partial charge in [-0.1, -0.05) is 26.0 Å². The van der Waals surface area contributed by atoms with Crippen LogP contribution in [-0.4, -0.2) is 24.2 Å². The van der Waals surface area contributed by atoms with Crippen LogP contribution in [0.15, 0.2) is 22.7 Å². The van der Waals surface area contributed by atoms with Crippen molar-refractivity contribution in [3.8, 4) is 5.75 Å². The number of rotatable bonds is 8. The lowest BCUT2D eigenvalue weighted by Crippen LogP contribution is -2.22. The Balaban J connectivity index is 2.67. The van der Waals surface area contributed by atoms with Crippen LogP contribution in [0.2, 0.25) is 0 Å². The minimum Gasteiger partial charge on any atom is -0.491 e.